The zero-order valence-corrected chi connectivity index (χ0v) is 12.4. The van der Waals surface area contributed by atoms with Gasteiger partial charge in [0.2, 0.25) is 0 Å². The fourth-order valence-corrected chi connectivity index (χ4v) is 3.48. The second kappa shape index (κ2) is 5.66. The number of halogens is 4. The Morgan fingerprint density at radius 3 is 2.44 bits per heavy atom. The molecule has 0 aliphatic carbocycles. The Kier molecular flexibility index (Phi) is 4.38. The van der Waals surface area contributed by atoms with Crippen molar-refractivity contribution in [2.75, 3.05) is 5.32 Å². The highest BCUT2D eigenvalue weighted by Gasteiger charge is 2.13. The smallest absolute Gasteiger partial charge is 0.126 e. The zero-order chi connectivity index (χ0) is 13.3. The molecule has 0 aliphatic rings. The third kappa shape index (κ3) is 3.29. The molecular weight excluding hydrogens is 316 g/mol. The van der Waals surface area contributed by atoms with Crippen LogP contribution in [0.2, 0.25) is 13.7 Å². The third-order valence-corrected chi connectivity index (χ3v) is 4.13. The average molecular weight is 325 g/mol. The maximum Gasteiger partial charge on any atom is 0.126 e. The summed E-state index contributed by atoms with van der Waals surface area (Å²) in [6.45, 7) is 1.92. The Balaban J connectivity index is 2.20. The summed E-state index contributed by atoms with van der Waals surface area (Å²) in [6.07, 6.45) is 0. The molecule has 1 aromatic heterocycles. The highest BCUT2D eigenvalue weighted by molar-refractivity contribution is 7.20. The van der Waals surface area contributed by atoms with Gasteiger partial charge in [0.15, 0.2) is 0 Å². The maximum atomic E-state index is 13.2. The van der Waals surface area contributed by atoms with Gasteiger partial charge in [-0.25, -0.2) is 4.39 Å². The number of hydrogen-bond donors (Lipinski definition) is 1. The predicted molar refractivity (Wildman–Crippen MR) is 77.8 cm³/mol. The molecule has 0 saturated carbocycles. The first kappa shape index (κ1) is 13.9. The van der Waals surface area contributed by atoms with Crippen LogP contribution < -0.4 is 5.32 Å². The molecule has 96 valence electrons. The molecule has 1 nitrogen and oxygen atoms in total. The van der Waals surface area contributed by atoms with Crippen molar-refractivity contribution < 1.29 is 4.39 Å². The highest BCUT2D eigenvalue weighted by Crippen LogP contribution is 2.36. The summed E-state index contributed by atoms with van der Waals surface area (Å²) in [6, 6.07) is 6.01. The molecule has 1 heterocycles. The number of hydrogen-bond acceptors (Lipinski definition) is 2. The van der Waals surface area contributed by atoms with Crippen LogP contribution in [0, 0.1) is 5.82 Å². The summed E-state index contributed by atoms with van der Waals surface area (Å²) in [5.74, 6) is -0.383. The molecule has 0 saturated heterocycles. The molecule has 18 heavy (non-hydrogen) atoms. The van der Waals surface area contributed by atoms with Gasteiger partial charge in [0, 0.05) is 16.3 Å². The Bertz CT molecular complexity index is 550. The summed E-state index contributed by atoms with van der Waals surface area (Å²) in [5, 5.41) is 3.48. The van der Waals surface area contributed by atoms with Crippen molar-refractivity contribution in [2.24, 2.45) is 0 Å². The fraction of sp³-hybridized carbons (Fsp3) is 0.167. The van der Waals surface area contributed by atoms with Crippen molar-refractivity contribution in [3.8, 4) is 0 Å². The van der Waals surface area contributed by atoms with Crippen molar-refractivity contribution in [1.82, 2.24) is 0 Å². The van der Waals surface area contributed by atoms with E-state index in [0.717, 1.165) is 5.56 Å². The van der Waals surface area contributed by atoms with Gasteiger partial charge in [-0.2, -0.15) is 0 Å². The second-order valence-electron chi connectivity index (χ2n) is 3.80. The zero-order valence-electron chi connectivity index (χ0n) is 9.31. The van der Waals surface area contributed by atoms with Crippen molar-refractivity contribution >= 4 is 51.8 Å². The van der Waals surface area contributed by atoms with E-state index in [1.54, 1.807) is 12.1 Å². The molecule has 1 aromatic carbocycles. The minimum atomic E-state index is -0.383. The van der Waals surface area contributed by atoms with Crippen LogP contribution in [0.1, 0.15) is 18.5 Å². The lowest BCUT2D eigenvalue weighted by Gasteiger charge is -2.15. The lowest BCUT2D eigenvalue weighted by atomic mass is 10.1. The first-order valence-electron chi connectivity index (χ1n) is 5.13. The van der Waals surface area contributed by atoms with Gasteiger partial charge in [0.25, 0.3) is 0 Å². The molecule has 1 atom stereocenters. The number of anilines is 1. The molecule has 2 rings (SSSR count). The summed E-state index contributed by atoms with van der Waals surface area (Å²) in [5.41, 5.74) is 1.48. The van der Waals surface area contributed by atoms with Gasteiger partial charge in [-0.3, -0.25) is 0 Å². The van der Waals surface area contributed by atoms with Crippen molar-refractivity contribution in [2.45, 2.75) is 13.0 Å². The number of rotatable bonds is 3. The molecule has 1 N–H and O–H groups in total. The van der Waals surface area contributed by atoms with Gasteiger partial charge >= 0.3 is 0 Å². The maximum absolute atomic E-state index is 13.2. The molecule has 0 aliphatic heterocycles. The largest absolute Gasteiger partial charge is 0.378 e. The van der Waals surface area contributed by atoms with Crippen molar-refractivity contribution in [3.05, 3.63) is 49.3 Å². The molecule has 0 fully saturated rings. The summed E-state index contributed by atoms with van der Waals surface area (Å²) < 4.78 is 14.4. The Labute approximate surface area is 123 Å². The van der Waals surface area contributed by atoms with E-state index in [1.807, 2.05) is 6.92 Å². The first-order chi connectivity index (χ1) is 8.45. The van der Waals surface area contributed by atoms with Crippen LogP contribution >= 0.6 is 46.1 Å². The first-order valence-corrected chi connectivity index (χ1v) is 7.08. The molecule has 0 radical (unpaired) electrons. The van der Waals surface area contributed by atoms with Crippen LogP contribution in [0.15, 0.2) is 24.3 Å². The van der Waals surface area contributed by atoms with Crippen LogP contribution in [0.3, 0.4) is 0 Å². The topological polar surface area (TPSA) is 12.0 Å². The molecular formula is C12H9Cl3FNS. The standard InChI is InChI=1S/C12H9Cl3FNS/c1-6(10-5-11(14)18-12(10)15)17-9-3-7(13)2-8(16)4-9/h2-6,17H,1H3. The van der Waals surface area contributed by atoms with E-state index >= 15 is 0 Å². The van der Waals surface area contributed by atoms with Crippen LogP contribution in [0.5, 0.6) is 0 Å². The Morgan fingerprint density at radius 2 is 1.89 bits per heavy atom. The number of benzene rings is 1. The van der Waals surface area contributed by atoms with Crippen LogP contribution in [-0.2, 0) is 0 Å². The predicted octanol–water partition coefficient (Wildman–Crippen LogP) is 6.02. The van der Waals surface area contributed by atoms with Crippen LogP contribution in [-0.4, -0.2) is 0 Å². The van der Waals surface area contributed by atoms with Crippen molar-refractivity contribution in [1.29, 1.82) is 0 Å². The monoisotopic (exact) mass is 323 g/mol. The van der Waals surface area contributed by atoms with Crippen LogP contribution in [0.25, 0.3) is 0 Å². The number of nitrogens with one attached hydrogen (secondary N) is 1. The quantitative estimate of drug-likeness (QED) is 0.728. The minimum absolute atomic E-state index is 0.0842. The van der Waals surface area contributed by atoms with E-state index in [-0.39, 0.29) is 11.9 Å². The second-order valence-corrected chi connectivity index (χ2v) is 6.53. The Morgan fingerprint density at radius 1 is 1.17 bits per heavy atom. The van der Waals surface area contributed by atoms with E-state index in [0.29, 0.717) is 19.4 Å². The van der Waals surface area contributed by atoms with E-state index in [1.165, 1.54) is 23.5 Å². The van der Waals surface area contributed by atoms with E-state index in [4.69, 9.17) is 34.8 Å². The van der Waals surface area contributed by atoms with Crippen LogP contribution in [0.4, 0.5) is 10.1 Å². The molecule has 1 unspecified atom stereocenters. The Hall–Kier alpha value is -0.480. The summed E-state index contributed by atoms with van der Waals surface area (Å²) in [7, 11) is 0. The molecule has 0 spiro atoms. The van der Waals surface area contributed by atoms with Gasteiger partial charge < -0.3 is 5.32 Å². The third-order valence-electron chi connectivity index (χ3n) is 2.40. The lowest BCUT2D eigenvalue weighted by molar-refractivity contribution is 0.628. The van der Waals surface area contributed by atoms with Gasteiger partial charge in [0.05, 0.1) is 14.7 Å². The SMILES string of the molecule is CC(Nc1cc(F)cc(Cl)c1)c1cc(Cl)sc1Cl. The fourth-order valence-electron chi connectivity index (χ4n) is 1.61. The van der Waals surface area contributed by atoms with E-state index in [9.17, 15) is 4.39 Å². The number of thiophene rings is 1. The normalized spacial score (nSPS) is 12.5. The molecule has 6 heteroatoms. The van der Waals surface area contributed by atoms with Gasteiger partial charge in [-0.1, -0.05) is 34.8 Å². The minimum Gasteiger partial charge on any atom is -0.378 e. The van der Waals surface area contributed by atoms with E-state index in [2.05, 4.69) is 5.32 Å². The van der Waals surface area contributed by atoms with Gasteiger partial charge in [-0.05, 0) is 31.2 Å². The summed E-state index contributed by atoms with van der Waals surface area (Å²) in [4.78, 5) is 0. The summed E-state index contributed by atoms with van der Waals surface area (Å²) >= 11 is 19.0. The van der Waals surface area contributed by atoms with Gasteiger partial charge in [-0.15, -0.1) is 11.3 Å². The lowest BCUT2D eigenvalue weighted by Crippen LogP contribution is -2.06. The average Bonchev–Trinajstić information content (AvgIpc) is 2.56. The molecule has 0 amide bonds. The van der Waals surface area contributed by atoms with E-state index < -0.39 is 0 Å². The molecule has 2 aromatic rings. The highest BCUT2D eigenvalue weighted by atomic mass is 35.5. The molecule has 0 bridgehead atoms. The van der Waals surface area contributed by atoms with Gasteiger partial charge in [0.1, 0.15) is 5.82 Å². The van der Waals surface area contributed by atoms with Crippen molar-refractivity contribution in [3.63, 3.8) is 0 Å².